The van der Waals surface area contributed by atoms with E-state index in [0.717, 1.165) is 39.1 Å². The lowest BCUT2D eigenvalue weighted by Crippen LogP contribution is -2.14. The van der Waals surface area contributed by atoms with Gasteiger partial charge in [-0.05, 0) is 24.7 Å². The highest BCUT2D eigenvalue weighted by Crippen LogP contribution is 2.07. The maximum absolute atomic E-state index is 5.74. The summed E-state index contributed by atoms with van der Waals surface area (Å²) in [5.74, 6) is 2.28. The summed E-state index contributed by atoms with van der Waals surface area (Å²) in [5.41, 5.74) is 5.74. The molecular weight excluding hydrogens is 320 g/mol. The predicted molar refractivity (Wildman–Crippen MR) is 102 cm³/mol. The molecule has 1 rings (SSSR count). The van der Waals surface area contributed by atoms with Gasteiger partial charge in [-0.3, -0.25) is 0 Å². The van der Waals surface area contributed by atoms with Crippen LogP contribution in [0.25, 0.3) is 0 Å². The Morgan fingerprint density at radius 2 is 1.24 bits per heavy atom. The minimum Gasteiger partial charge on any atom is -0.381 e. The Morgan fingerprint density at radius 1 is 0.800 bits per heavy atom. The molecule has 0 unspecified atom stereocenters. The maximum Gasteiger partial charge on any atom is 0.229 e. The molecule has 0 aromatic carbocycles. The smallest absolute Gasteiger partial charge is 0.229 e. The van der Waals surface area contributed by atoms with E-state index in [0.29, 0.717) is 36.9 Å². The zero-order valence-electron chi connectivity index (χ0n) is 16.0. The SMILES string of the molecule is CC(C)COCCCNc1nc(N)nc(NCCCOCC(C)C)n1. The Labute approximate surface area is 151 Å². The summed E-state index contributed by atoms with van der Waals surface area (Å²) in [6, 6.07) is 0. The van der Waals surface area contributed by atoms with Gasteiger partial charge >= 0.3 is 0 Å². The van der Waals surface area contributed by atoms with Crippen molar-refractivity contribution in [2.75, 3.05) is 55.9 Å². The molecule has 25 heavy (non-hydrogen) atoms. The fraction of sp³-hybridized carbons (Fsp3) is 0.824. The molecular formula is C17H34N6O2. The minimum absolute atomic E-state index is 0.201. The number of nitrogens with two attached hydrogens (primary N) is 1. The van der Waals surface area contributed by atoms with E-state index >= 15 is 0 Å². The molecule has 1 aromatic heterocycles. The van der Waals surface area contributed by atoms with Gasteiger partial charge in [0.25, 0.3) is 0 Å². The van der Waals surface area contributed by atoms with E-state index in [1.165, 1.54) is 0 Å². The topological polar surface area (TPSA) is 107 Å². The van der Waals surface area contributed by atoms with Gasteiger partial charge in [0, 0.05) is 39.5 Å². The number of hydrogen-bond acceptors (Lipinski definition) is 8. The second-order valence-electron chi connectivity index (χ2n) is 6.84. The zero-order chi connectivity index (χ0) is 18.5. The highest BCUT2D eigenvalue weighted by molar-refractivity contribution is 5.39. The number of nitrogens with zero attached hydrogens (tertiary/aromatic N) is 3. The quantitative estimate of drug-likeness (QED) is 0.437. The first-order valence-electron chi connectivity index (χ1n) is 9.12. The minimum atomic E-state index is 0.201. The molecule has 8 heteroatoms. The van der Waals surface area contributed by atoms with Crippen molar-refractivity contribution < 1.29 is 9.47 Å². The molecule has 0 bridgehead atoms. The molecule has 144 valence electrons. The van der Waals surface area contributed by atoms with Crippen LogP contribution in [0.5, 0.6) is 0 Å². The number of nitrogens with one attached hydrogen (secondary N) is 2. The first-order chi connectivity index (χ1) is 12.0. The average Bonchev–Trinajstić information content (AvgIpc) is 2.53. The molecule has 0 aliphatic heterocycles. The Hall–Kier alpha value is -1.67. The van der Waals surface area contributed by atoms with Crippen LogP contribution in [0.15, 0.2) is 0 Å². The molecule has 1 aromatic rings. The van der Waals surface area contributed by atoms with Crippen molar-refractivity contribution in [3.8, 4) is 0 Å². The van der Waals surface area contributed by atoms with Gasteiger partial charge < -0.3 is 25.8 Å². The fourth-order valence-electron chi connectivity index (χ4n) is 1.94. The molecule has 0 aliphatic carbocycles. The maximum atomic E-state index is 5.74. The van der Waals surface area contributed by atoms with Gasteiger partial charge in [0.2, 0.25) is 17.8 Å². The van der Waals surface area contributed by atoms with Gasteiger partial charge in [-0.15, -0.1) is 0 Å². The van der Waals surface area contributed by atoms with Crippen molar-refractivity contribution in [2.45, 2.75) is 40.5 Å². The third-order valence-corrected chi connectivity index (χ3v) is 3.05. The summed E-state index contributed by atoms with van der Waals surface area (Å²) in [7, 11) is 0. The van der Waals surface area contributed by atoms with E-state index in [-0.39, 0.29) is 5.95 Å². The molecule has 0 spiro atoms. The summed E-state index contributed by atoms with van der Waals surface area (Å²) >= 11 is 0. The van der Waals surface area contributed by atoms with Gasteiger partial charge in [0.1, 0.15) is 0 Å². The van der Waals surface area contributed by atoms with Gasteiger partial charge in [-0.1, -0.05) is 27.7 Å². The van der Waals surface area contributed by atoms with E-state index in [4.69, 9.17) is 15.2 Å². The second-order valence-corrected chi connectivity index (χ2v) is 6.84. The average molecular weight is 354 g/mol. The van der Waals surface area contributed by atoms with E-state index in [1.807, 2.05) is 0 Å². The highest BCUT2D eigenvalue weighted by atomic mass is 16.5. The van der Waals surface area contributed by atoms with Crippen LogP contribution in [0.4, 0.5) is 17.8 Å². The lowest BCUT2D eigenvalue weighted by atomic mass is 10.2. The van der Waals surface area contributed by atoms with Crippen molar-refractivity contribution in [1.29, 1.82) is 0 Å². The monoisotopic (exact) mass is 354 g/mol. The summed E-state index contributed by atoms with van der Waals surface area (Å²) in [6.45, 7) is 13.0. The van der Waals surface area contributed by atoms with Gasteiger partial charge in [-0.2, -0.15) is 15.0 Å². The Kier molecular flexibility index (Phi) is 10.8. The Bertz CT molecular complexity index is 432. The van der Waals surface area contributed by atoms with E-state index in [1.54, 1.807) is 0 Å². The molecule has 0 fully saturated rings. The van der Waals surface area contributed by atoms with E-state index in [9.17, 15) is 0 Å². The number of anilines is 3. The Morgan fingerprint density at radius 3 is 1.64 bits per heavy atom. The standard InChI is InChI=1S/C17H34N6O2/c1-13(2)11-24-9-5-7-19-16-21-15(18)22-17(23-16)20-8-6-10-25-12-14(3)4/h13-14H,5-12H2,1-4H3,(H4,18,19,20,21,22,23). The molecule has 1 heterocycles. The summed E-state index contributed by atoms with van der Waals surface area (Å²) in [4.78, 5) is 12.5. The van der Waals surface area contributed by atoms with Crippen LogP contribution >= 0.6 is 0 Å². The first kappa shape index (κ1) is 21.4. The van der Waals surface area contributed by atoms with Crippen LogP contribution in [0.1, 0.15) is 40.5 Å². The van der Waals surface area contributed by atoms with E-state index < -0.39 is 0 Å². The molecule has 0 atom stereocenters. The normalized spacial score (nSPS) is 11.3. The van der Waals surface area contributed by atoms with Crippen molar-refractivity contribution in [3.63, 3.8) is 0 Å². The molecule has 4 N–H and O–H groups in total. The van der Waals surface area contributed by atoms with Crippen LogP contribution in [-0.2, 0) is 9.47 Å². The van der Waals surface area contributed by atoms with Crippen LogP contribution in [0.2, 0.25) is 0 Å². The molecule has 0 radical (unpaired) electrons. The summed E-state index contributed by atoms with van der Waals surface area (Å²) < 4.78 is 11.1. The number of rotatable bonds is 14. The number of hydrogen-bond donors (Lipinski definition) is 3. The first-order valence-corrected chi connectivity index (χ1v) is 9.12. The molecule has 0 saturated heterocycles. The van der Waals surface area contributed by atoms with Gasteiger partial charge in [0.15, 0.2) is 0 Å². The van der Waals surface area contributed by atoms with Crippen LogP contribution in [-0.4, -0.2) is 54.5 Å². The van der Waals surface area contributed by atoms with Crippen LogP contribution in [0, 0.1) is 11.8 Å². The lowest BCUT2D eigenvalue weighted by molar-refractivity contribution is 0.110. The van der Waals surface area contributed by atoms with E-state index in [2.05, 4.69) is 53.3 Å². The van der Waals surface area contributed by atoms with Crippen molar-refractivity contribution in [2.24, 2.45) is 11.8 Å². The zero-order valence-corrected chi connectivity index (χ0v) is 16.0. The van der Waals surface area contributed by atoms with Gasteiger partial charge in [-0.25, -0.2) is 0 Å². The lowest BCUT2D eigenvalue weighted by Gasteiger charge is -2.10. The van der Waals surface area contributed by atoms with Crippen molar-refractivity contribution >= 4 is 17.8 Å². The summed E-state index contributed by atoms with van der Waals surface area (Å²) in [6.07, 6.45) is 1.77. The number of nitrogen functional groups attached to an aromatic ring is 1. The molecule has 8 nitrogen and oxygen atoms in total. The third kappa shape index (κ3) is 11.5. The second kappa shape index (κ2) is 12.7. The molecule has 0 amide bonds. The number of aromatic nitrogens is 3. The molecule has 0 aliphatic rings. The summed E-state index contributed by atoms with van der Waals surface area (Å²) in [5, 5.41) is 6.30. The van der Waals surface area contributed by atoms with Crippen molar-refractivity contribution in [3.05, 3.63) is 0 Å². The third-order valence-electron chi connectivity index (χ3n) is 3.05. The number of ether oxygens (including phenoxy) is 2. The predicted octanol–water partition coefficient (Wildman–Crippen LogP) is 2.40. The largest absolute Gasteiger partial charge is 0.381 e. The highest BCUT2D eigenvalue weighted by Gasteiger charge is 2.04. The van der Waals surface area contributed by atoms with Gasteiger partial charge in [0.05, 0.1) is 0 Å². The van der Waals surface area contributed by atoms with Crippen LogP contribution < -0.4 is 16.4 Å². The van der Waals surface area contributed by atoms with Crippen molar-refractivity contribution in [1.82, 2.24) is 15.0 Å². The fourth-order valence-corrected chi connectivity index (χ4v) is 1.94. The van der Waals surface area contributed by atoms with Crippen LogP contribution in [0.3, 0.4) is 0 Å². The molecule has 0 saturated carbocycles. The Balaban J connectivity index is 2.23.